The molecule has 0 bridgehead atoms. The third-order valence-corrected chi connectivity index (χ3v) is 3.30. The Bertz CT molecular complexity index is 448. The molecule has 0 radical (unpaired) electrons. The third-order valence-electron chi connectivity index (χ3n) is 3.30. The molecule has 1 aromatic carbocycles. The van der Waals surface area contributed by atoms with Crippen molar-refractivity contribution in [2.24, 2.45) is 0 Å². The van der Waals surface area contributed by atoms with E-state index in [1.807, 2.05) is 0 Å². The molecule has 2 rings (SSSR count). The van der Waals surface area contributed by atoms with Gasteiger partial charge in [-0.05, 0) is 13.0 Å². The first kappa shape index (κ1) is 17.1. The van der Waals surface area contributed by atoms with Gasteiger partial charge in [0.1, 0.15) is 11.8 Å². The van der Waals surface area contributed by atoms with Gasteiger partial charge in [-0.3, -0.25) is 4.90 Å². The third kappa shape index (κ3) is 3.77. The molecule has 2 N–H and O–H groups in total. The van der Waals surface area contributed by atoms with Crippen molar-refractivity contribution in [2.45, 2.75) is 19.1 Å². The lowest BCUT2D eigenvalue weighted by Gasteiger charge is -2.36. The van der Waals surface area contributed by atoms with Crippen molar-refractivity contribution in [3.8, 4) is 5.75 Å². The summed E-state index contributed by atoms with van der Waals surface area (Å²) in [5.41, 5.74) is 0.645. The maximum atomic E-state index is 13.3. The second-order valence-corrected chi connectivity index (χ2v) is 4.79. The number of piperazine rings is 1. The van der Waals surface area contributed by atoms with Gasteiger partial charge in [-0.25, -0.2) is 0 Å². The monoisotopic (exact) mass is 310 g/mol. The molecule has 114 valence electrons. The maximum Gasteiger partial charge on any atom is 0.408 e. The molecule has 1 aliphatic rings. The van der Waals surface area contributed by atoms with Crippen molar-refractivity contribution in [2.75, 3.05) is 26.2 Å². The van der Waals surface area contributed by atoms with E-state index in [1.165, 1.54) is 17.0 Å². The van der Waals surface area contributed by atoms with Gasteiger partial charge in [0.05, 0.1) is 0 Å². The molecule has 20 heavy (non-hydrogen) atoms. The minimum Gasteiger partial charge on any atom is -0.508 e. The van der Waals surface area contributed by atoms with Crippen LogP contribution in [0.1, 0.15) is 17.2 Å². The lowest BCUT2D eigenvalue weighted by Crippen LogP contribution is -2.49. The Balaban J connectivity index is 0.00000200. The summed E-state index contributed by atoms with van der Waals surface area (Å²) in [6.45, 7) is 3.40. The minimum absolute atomic E-state index is 0. The average molecular weight is 311 g/mol. The fourth-order valence-corrected chi connectivity index (χ4v) is 2.41. The van der Waals surface area contributed by atoms with Crippen molar-refractivity contribution in [3.63, 3.8) is 0 Å². The van der Waals surface area contributed by atoms with E-state index in [1.54, 1.807) is 13.0 Å². The number of aromatic hydroxyl groups is 1. The number of phenolic OH excluding ortho intramolecular Hbond substituents is 1. The van der Waals surface area contributed by atoms with Crippen molar-refractivity contribution in [1.29, 1.82) is 0 Å². The molecule has 3 nitrogen and oxygen atoms in total. The highest BCUT2D eigenvalue weighted by Gasteiger charge is 2.46. The number of aryl methyl sites for hydroxylation is 1. The lowest BCUT2D eigenvalue weighted by atomic mass is 10.0. The molecule has 0 aromatic heterocycles. The predicted molar refractivity (Wildman–Crippen MR) is 73.3 cm³/mol. The summed E-state index contributed by atoms with van der Waals surface area (Å²) in [6, 6.07) is 2.60. The Morgan fingerprint density at radius 1 is 1.25 bits per heavy atom. The number of rotatable bonds is 2. The first-order valence-corrected chi connectivity index (χ1v) is 6.20. The predicted octanol–water partition coefficient (Wildman–Crippen LogP) is 2.63. The van der Waals surface area contributed by atoms with Crippen LogP contribution in [0.3, 0.4) is 0 Å². The quantitative estimate of drug-likeness (QED) is 0.881. The first-order valence-electron chi connectivity index (χ1n) is 6.20. The van der Waals surface area contributed by atoms with E-state index >= 15 is 0 Å². The molecule has 7 heteroatoms. The van der Waals surface area contributed by atoms with Crippen molar-refractivity contribution >= 4 is 12.4 Å². The van der Waals surface area contributed by atoms with Crippen molar-refractivity contribution < 1.29 is 18.3 Å². The molecule has 1 atom stereocenters. The van der Waals surface area contributed by atoms with Crippen LogP contribution in [0.2, 0.25) is 0 Å². The zero-order valence-electron chi connectivity index (χ0n) is 11.1. The van der Waals surface area contributed by atoms with E-state index in [-0.39, 0.29) is 23.7 Å². The van der Waals surface area contributed by atoms with Gasteiger partial charge in [0.25, 0.3) is 0 Å². The number of benzene rings is 1. The summed E-state index contributed by atoms with van der Waals surface area (Å²) in [4.78, 5) is 1.37. The van der Waals surface area contributed by atoms with Crippen LogP contribution in [0.4, 0.5) is 13.2 Å². The van der Waals surface area contributed by atoms with Crippen LogP contribution >= 0.6 is 12.4 Å². The Hall–Kier alpha value is -0.980. The second kappa shape index (κ2) is 6.65. The standard InChI is InChI=1S/C13H17F3N2O.ClH/c1-9-2-3-11(19)10(8-9)12(13(14,15)16)18-6-4-17-5-7-18;/h2-3,8,12,17,19H,4-7H2,1H3;1H/t12-;/m0./s1. The van der Waals surface area contributed by atoms with Gasteiger partial charge in [-0.1, -0.05) is 17.7 Å². The van der Waals surface area contributed by atoms with Gasteiger partial charge in [-0.2, -0.15) is 13.2 Å². The summed E-state index contributed by atoms with van der Waals surface area (Å²) in [6.07, 6.45) is -4.40. The Kier molecular flexibility index (Phi) is 5.68. The summed E-state index contributed by atoms with van der Waals surface area (Å²) in [5, 5.41) is 12.8. The number of nitrogens with zero attached hydrogens (tertiary/aromatic N) is 1. The number of nitrogens with one attached hydrogen (secondary N) is 1. The zero-order valence-corrected chi connectivity index (χ0v) is 11.9. The molecular weight excluding hydrogens is 293 g/mol. The summed E-state index contributed by atoms with van der Waals surface area (Å²) in [7, 11) is 0. The van der Waals surface area contributed by atoms with Gasteiger partial charge < -0.3 is 10.4 Å². The highest BCUT2D eigenvalue weighted by Crippen LogP contribution is 2.41. The first-order chi connectivity index (χ1) is 8.89. The van der Waals surface area contributed by atoms with Crippen LogP contribution in [-0.2, 0) is 0 Å². The smallest absolute Gasteiger partial charge is 0.408 e. The van der Waals surface area contributed by atoms with Crippen molar-refractivity contribution in [1.82, 2.24) is 10.2 Å². The number of phenols is 1. The number of halogens is 4. The molecule has 0 saturated carbocycles. The molecule has 0 aliphatic carbocycles. The number of hydrogen-bond donors (Lipinski definition) is 2. The largest absolute Gasteiger partial charge is 0.508 e. The van der Waals surface area contributed by atoms with E-state index in [0.29, 0.717) is 31.7 Å². The average Bonchev–Trinajstić information content (AvgIpc) is 2.33. The van der Waals surface area contributed by atoms with E-state index in [9.17, 15) is 18.3 Å². The molecule has 0 unspecified atom stereocenters. The Morgan fingerprint density at radius 3 is 2.40 bits per heavy atom. The highest BCUT2D eigenvalue weighted by atomic mass is 35.5. The molecule has 1 fully saturated rings. The summed E-state index contributed by atoms with van der Waals surface area (Å²) < 4.78 is 40.0. The molecule has 1 saturated heterocycles. The van der Waals surface area contributed by atoms with Gasteiger partial charge in [0.2, 0.25) is 0 Å². The second-order valence-electron chi connectivity index (χ2n) is 4.79. The van der Waals surface area contributed by atoms with Gasteiger partial charge in [0.15, 0.2) is 0 Å². The van der Waals surface area contributed by atoms with Crippen LogP contribution < -0.4 is 5.32 Å². The number of alkyl halides is 3. The molecule has 1 heterocycles. The van der Waals surface area contributed by atoms with E-state index in [4.69, 9.17) is 0 Å². The molecule has 0 spiro atoms. The lowest BCUT2D eigenvalue weighted by molar-refractivity contribution is -0.188. The Labute approximate surface area is 122 Å². The molecule has 0 amide bonds. The SMILES string of the molecule is Cc1ccc(O)c([C@H](N2CCNCC2)C(F)(F)F)c1.Cl. The van der Waals surface area contributed by atoms with Gasteiger partial charge in [0, 0.05) is 31.7 Å². The topological polar surface area (TPSA) is 35.5 Å². The fourth-order valence-electron chi connectivity index (χ4n) is 2.41. The number of hydrogen-bond acceptors (Lipinski definition) is 3. The van der Waals surface area contributed by atoms with E-state index in [0.717, 1.165) is 0 Å². The molecule has 1 aromatic rings. The van der Waals surface area contributed by atoms with Crippen LogP contribution in [0, 0.1) is 6.92 Å². The maximum absolute atomic E-state index is 13.3. The summed E-state index contributed by atoms with van der Waals surface area (Å²) >= 11 is 0. The fraction of sp³-hybridized carbons (Fsp3) is 0.538. The van der Waals surface area contributed by atoms with Crippen molar-refractivity contribution in [3.05, 3.63) is 29.3 Å². The summed E-state index contributed by atoms with van der Waals surface area (Å²) in [5.74, 6) is -0.300. The van der Waals surface area contributed by atoms with Crippen LogP contribution in [0.15, 0.2) is 18.2 Å². The van der Waals surface area contributed by atoms with Gasteiger partial charge >= 0.3 is 6.18 Å². The van der Waals surface area contributed by atoms with E-state index in [2.05, 4.69) is 5.32 Å². The van der Waals surface area contributed by atoms with Gasteiger partial charge in [-0.15, -0.1) is 12.4 Å². The van der Waals surface area contributed by atoms with Crippen LogP contribution in [-0.4, -0.2) is 42.4 Å². The van der Waals surface area contributed by atoms with E-state index < -0.39 is 12.2 Å². The van der Waals surface area contributed by atoms with Crippen LogP contribution in [0.25, 0.3) is 0 Å². The minimum atomic E-state index is -4.40. The molecule has 1 aliphatic heterocycles. The molecular formula is C13H18ClF3N2O. The Morgan fingerprint density at radius 2 is 1.85 bits per heavy atom. The van der Waals surface area contributed by atoms with Crippen LogP contribution in [0.5, 0.6) is 5.75 Å². The normalized spacial score (nSPS) is 18.4. The zero-order chi connectivity index (χ0) is 14.0. The highest BCUT2D eigenvalue weighted by molar-refractivity contribution is 5.85.